The van der Waals surface area contributed by atoms with Crippen LogP contribution in [-0.4, -0.2) is 22.0 Å². The molecule has 5 nitrogen and oxygen atoms in total. The minimum Gasteiger partial charge on any atom is -0.750 e. The number of hydrogen-bond donors (Lipinski definition) is 1. The maximum Gasteiger partial charge on any atom is 0.123 e. The van der Waals surface area contributed by atoms with Crippen molar-refractivity contribution in [3.8, 4) is 5.75 Å². The van der Waals surface area contributed by atoms with Gasteiger partial charge in [-0.2, -0.15) is 0 Å². The Kier molecular flexibility index (Phi) is 8.45. The standard InChI is InChI=1S/C14H23NO4S/c1-2-3-4-5-12-6-7-14(13(10-12)11-15)18-8-9-19-20(16)17/h6-7,10H,2-5,8-9,11,15H2,1H3,(H,16,17)/p-1. The summed E-state index contributed by atoms with van der Waals surface area (Å²) in [5.41, 5.74) is 7.90. The van der Waals surface area contributed by atoms with Crippen LogP contribution in [0, 0.1) is 0 Å². The van der Waals surface area contributed by atoms with E-state index in [0.717, 1.165) is 12.0 Å². The SMILES string of the molecule is CCCCCc1ccc(OCCOS(=O)[O-])c(CN)c1. The third-order valence-corrected chi connectivity index (χ3v) is 3.29. The van der Waals surface area contributed by atoms with Crippen molar-refractivity contribution in [2.24, 2.45) is 5.73 Å². The molecule has 6 heteroatoms. The summed E-state index contributed by atoms with van der Waals surface area (Å²) in [4.78, 5) is 0. The highest BCUT2D eigenvalue weighted by Crippen LogP contribution is 2.21. The molecule has 0 saturated heterocycles. The third kappa shape index (κ3) is 6.47. The van der Waals surface area contributed by atoms with Crippen molar-refractivity contribution >= 4 is 11.4 Å². The zero-order valence-electron chi connectivity index (χ0n) is 11.8. The number of benzene rings is 1. The molecule has 0 aliphatic carbocycles. The normalized spacial score (nSPS) is 12.3. The number of ether oxygens (including phenoxy) is 1. The molecule has 0 heterocycles. The Morgan fingerprint density at radius 2 is 2.10 bits per heavy atom. The fourth-order valence-corrected chi connectivity index (χ4v) is 2.13. The Morgan fingerprint density at radius 3 is 2.75 bits per heavy atom. The van der Waals surface area contributed by atoms with E-state index in [2.05, 4.69) is 17.2 Å². The first kappa shape index (κ1) is 17.1. The summed E-state index contributed by atoms with van der Waals surface area (Å²) in [5.74, 6) is 0.687. The predicted octanol–water partition coefficient (Wildman–Crippen LogP) is 2.07. The van der Waals surface area contributed by atoms with Gasteiger partial charge in [0.1, 0.15) is 12.4 Å². The van der Waals surface area contributed by atoms with E-state index in [1.807, 2.05) is 12.1 Å². The minimum absolute atomic E-state index is 0.00161. The van der Waals surface area contributed by atoms with Crippen LogP contribution in [0.1, 0.15) is 37.3 Å². The Hall–Kier alpha value is -0.950. The van der Waals surface area contributed by atoms with Crippen molar-refractivity contribution < 1.29 is 17.7 Å². The summed E-state index contributed by atoms with van der Waals surface area (Å²) >= 11 is -2.49. The van der Waals surface area contributed by atoms with Gasteiger partial charge in [-0.25, -0.2) is 4.21 Å². The van der Waals surface area contributed by atoms with Gasteiger partial charge in [-0.1, -0.05) is 31.9 Å². The molecule has 0 bridgehead atoms. The summed E-state index contributed by atoms with van der Waals surface area (Å²) in [6, 6.07) is 5.96. The lowest BCUT2D eigenvalue weighted by Gasteiger charge is -2.12. The van der Waals surface area contributed by atoms with Crippen molar-refractivity contribution in [3.63, 3.8) is 0 Å². The Bertz CT molecular complexity index is 426. The van der Waals surface area contributed by atoms with Gasteiger partial charge in [0, 0.05) is 12.1 Å². The van der Waals surface area contributed by atoms with Crippen LogP contribution >= 0.6 is 0 Å². The van der Waals surface area contributed by atoms with Crippen LogP contribution in [0.25, 0.3) is 0 Å². The minimum atomic E-state index is -2.49. The number of nitrogens with two attached hydrogens (primary N) is 1. The highest BCUT2D eigenvalue weighted by atomic mass is 32.2. The molecule has 1 atom stereocenters. The van der Waals surface area contributed by atoms with Crippen molar-refractivity contribution in [1.29, 1.82) is 0 Å². The van der Waals surface area contributed by atoms with E-state index in [0.29, 0.717) is 12.3 Å². The van der Waals surface area contributed by atoms with Crippen LogP contribution in [-0.2, 0) is 28.5 Å². The number of aryl methyl sites for hydroxylation is 1. The molecule has 0 spiro atoms. The Balaban J connectivity index is 2.51. The molecule has 0 aromatic heterocycles. The molecule has 114 valence electrons. The van der Waals surface area contributed by atoms with Crippen LogP contribution in [0.5, 0.6) is 5.75 Å². The molecule has 0 fully saturated rings. The first-order chi connectivity index (χ1) is 9.67. The summed E-state index contributed by atoms with van der Waals surface area (Å²) in [6.45, 7) is 2.75. The number of unbranched alkanes of at least 4 members (excludes halogenated alkanes) is 2. The molecule has 1 unspecified atom stereocenters. The Labute approximate surface area is 123 Å². The van der Waals surface area contributed by atoms with Crippen LogP contribution in [0.3, 0.4) is 0 Å². The van der Waals surface area contributed by atoms with Crippen LogP contribution in [0.15, 0.2) is 18.2 Å². The zero-order valence-corrected chi connectivity index (χ0v) is 12.6. The molecular formula is C14H22NO4S-. The molecule has 0 amide bonds. The van der Waals surface area contributed by atoms with Gasteiger partial charge in [-0.05, 0) is 24.5 Å². The van der Waals surface area contributed by atoms with Crippen LogP contribution in [0.2, 0.25) is 0 Å². The van der Waals surface area contributed by atoms with Crippen LogP contribution < -0.4 is 10.5 Å². The van der Waals surface area contributed by atoms with Gasteiger partial charge in [-0.15, -0.1) is 0 Å². The van der Waals surface area contributed by atoms with Gasteiger partial charge in [0.15, 0.2) is 0 Å². The summed E-state index contributed by atoms with van der Waals surface area (Å²) < 4.78 is 30.3. The maximum atomic E-state index is 10.2. The van der Waals surface area contributed by atoms with Gasteiger partial charge in [0.2, 0.25) is 0 Å². The topological polar surface area (TPSA) is 84.6 Å². The lowest BCUT2D eigenvalue weighted by Crippen LogP contribution is -2.10. The van der Waals surface area contributed by atoms with Gasteiger partial charge >= 0.3 is 0 Å². The van der Waals surface area contributed by atoms with Crippen molar-refractivity contribution in [2.75, 3.05) is 13.2 Å². The van der Waals surface area contributed by atoms with E-state index in [4.69, 9.17) is 10.5 Å². The van der Waals surface area contributed by atoms with Crippen molar-refractivity contribution in [3.05, 3.63) is 29.3 Å². The molecular weight excluding hydrogens is 278 g/mol. The molecule has 0 aliphatic rings. The Morgan fingerprint density at radius 1 is 1.30 bits per heavy atom. The fourth-order valence-electron chi connectivity index (χ4n) is 1.92. The lowest BCUT2D eigenvalue weighted by molar-refractivity contribution is 0.214. The number of rotatable bonds is 10. The second-order valence-electron chi connectivity index (χ2n) is 4.48. The molecule has 0 radical (unpaired) electrons. The van der Waals surface area contributed by atoms with Crippen LogP contribution in [0.4, 0.5) is 0 Å². The monoisotopic (exact) mass is 300 g/mol. The second-order valence-corrected chi connectivity index (χ2v) is 5.12. The third-order valence-electron chi connectivity index (χ3n) is 2.93. The predicted molar refractivity (Wildman–Crippen MR) is 77.9 cm³/mol. The molecule has 2 N–H and O–H groups in total. The second kappa shape index (κ2) is 9.88. The van der Waals surface area contributed by atoms with E-state index in [1.54, 1.807) is 0 Å². The van der Waals surface area contributed by atoms with Gasteiger partial charge < -0.3 is 15.0 Å². The molecule has 1 rings (SSSR count). The number of hydrogen-bond acceptors (Lipinski definition) is 5. The van der Waals surface area contributed by atoms with Crippen molar-refractivity contribution in [2.45, 2.75) is 39.2 Å². The fraction of sp³-hybridized carbons (Fsp3) is 0.571. The maximum absolute atomic E-state index is 10.2. The highest BCUT2D eigenvalue weighted by Gasteiger charge is 2.04. The summed E-state index contributed by atoms with van der Waals surface area (Å²) in [5, 5.41) is 0. The average molecular weight is 300 g/mol. The molecule has 1 aromatic carbocycles. The average Bonchev–Trinajstić information content (AvgIpc) is 2.44. The quantitative estimate of drug-likeness (QED) is 0.528. The first-order valence-corrected chi connectivity index (χ1v) is 7.84. The highest BCUT2D eigenvalue weighted by molar-refractivity contribution is 7.74. The van der Waals surface area contributed by atoms with E-state index in [-0.39, 0.29) is 13.2 Å². The summed E-state index contributed by atoms with van der Waals surface area (Å²) in [6.07, 6.45) is 4.63. The molecule has 1 aromatic rings. The largest absolute Gasteiger partial charge is 0.750 e. The summed E-state index contributed by atoms with van der Waals surface area (Å²) in [7, 11) is 0. The van der Waals surface area contributed by atoms with E-state index in [1.165, 1.54) is 24.8 Å². The van der Waals surface area contributed by atoms with Gasteiger partial charge in [-0.3, -0.25) is 4.18 Å². The van der Waals surface area contributed by atoms with E-state index in [9.17, 15) is 8.76 Å². The van der Waals surface area contributed by atoms with Crippen molar-refractivity contribution in [1.82, 2.24) is 0 Å². The van der Waals surface area contributed by atoms with Gasteiger partial charge in [0.25, 0.3) is 0 Å². The van der Waals surface area contributed by atoms with E-state index >= 15 is 0 Å². The van der Waals surface area contributed by atoms with Gasteiger partial charge in [0.05, 0.1) is 18.0 Å². The van der Waals surface area contributed by atoms with E-state index < -0.39 is 11.4 Å². The lowest BCUT2D eigenvalue weighted by atomic mass is 10.0. The zero-order chi connectivity index (χ0) is 14.8. The molecule has 0 saturated carbocycles. The molecule has 0 aliphatic heterocycles. The first-order valence-electron chi connectivity index (χ1n) is 6.84. The molecule has 20 heavy (non-hydrogen) atoms. The smallest absolute Gasteiger partial charge is 0.123 e.